The van der Waals surface area contributed by atoms with Gasteiger partial charge in [0.2, 0.25) is 0 Å². The average Bonchev–Trinajstić information content (AvgIpc) is 3.58. The third kappa shape index (κ3) is 5.72. The summed E-state index contributed by atoms with van der Waals surface area (Å²) in [7, 11) is 0. The van der Waals surface area contributed by atoms with E-state index in [1.165, 1.54) is 94.3 Å². The standard InChI is InChI=1S/C55H50/c1-4-37-29-27-35(2)36(3)28-30-41-32-48-49(34-47(37)41)53(40-21-12-7-13-22-40)55-50-33-43(45-25-15-14-24-44(45)38-17-8-5-9-18-38)31-42-23-16-26-46(51(42)50)54(55)52(48)39-19-10-6-11-20-39/h5-8,10-17,19-24,26-28,31-34,37,42,45,51H,4,9,18,25,29-30H2,1-3H3. The first-order valence-electron chi connectivity index (χ1n) is 20.8. The van der Waals surface area contributed by atoms with Crippen LogP contribution in [0.15, 0.2) is 180 Å². The van der Waals surface area contributed by atoms with E-state index in [1.54, 1.807) is 0 Å². The number of rotatable bonds is 5. The average molecular weight is 711 g/mol. The Morgan fingerprint density at radius 2 is 1.35 bits per heavy atom. The van der Waals surface area contributed by atoms with E-state index < -0.39 is 0 Å². The lowest BCUT2D eigenvalue weighted by atomic mass is 9.71. The molecular formula is C55H50. The summed E-state index contributed by atoms with van der Waals surface area (Å²) in [6, 6.07) is 27.9. The minimum atomic E-state index is 0.306. The third-order valence-electron chi connectivity index (χ3n) is 13.5. The van der Waals surface area contributed by atoms with Gasteiger partial charge >= 0.3 is 0 Å². The summed E-state index contributed by atoms with van der Waals surface area (Å²) in [6.45, 7) is 6.96. The minimum absolute atomic E-state index is 0.306. The van der Waals surface area contributed by atoms with Crippen LogP contribution >= 0.6 is 0 Å². The second kappa shape index (κ2) is 14.0. The molecule has 55 heavy (non-hydrogen) atoms. The monoisotopic (exact) mass is 710 g/mol. The van der Waals surface area contributed by atoms with Crippen LogP contribution in [0.1, 0.15) is 81.0 Å². The fraction of sp³-hybridized carbons (Fsp3) is 0.236. The van der Waals surface area contributed by atoms with E-state index >= 15 is 0 Å². The quantitative estimate of drug-likeness (QED) is 0.193. The zero-order valence-corrected chi connectivity index (χ0v) is 32.5. The van der Waals surface area contributed by atoms with Gasteiger partial charge in [0.05, 0.1) is 0 Å². The van der Waals surface area contributed by atoms with Crippen molar-refractivity contribution in [2.24, 2.45) is 17.8 Å². The Kier molecular flexibility index (Phi) is 8.67. The zero-order valence-electron chi connectivity index (χ0n) is 32.5. The van der Waals surface area contributed by atoms with Crippen molar-refractivity contribution < 1.29 is 0 Å². The van der Waals surface area contributed by atoms with Gasteiger partial charge in [-0.15, -0.1) is 0 Å². The number of hydrogen-bond donors (Lipinski definition) is 0. The summed E-state index contributed by atoms with van der Waals surface area (Å²) in [6.07, 6.45) is 38.0. The molecule has 4 aromatic carbocycles. The van der Waals surface area contributed by atoms with E-state index in [1.807, 2.05) is 0 Å². The Hall–Kier alpha value is -5.46. The van der Waals surface area contributed by atoms with Crippen LogP contribution < -0.4 is 0 Å². The smallest absolute Gasteiger partial charge is 0.0200 e. The summed E-state index contributed by atoms with van der Waals surface area (Å²) in [5.41, 5.74) is 21.6. The molecule has 0 radical (unpaired) electrons. The molecule has 6 aliphatic carbocycles. The first-order valence-corrected chi connectivity index (χ1v) is 20.8. The second-order valence-electron chi connectivity index (χ2n) is 16.5. The summed E-state index contributed by atoms with van der Waals surface area (Å²) in [4.78, 5) is 0. The molecule has 0 aromatic heterocycles. The van der Waals surface area contributed by atoms with E-state index in [9.17, 15) is 0 Å². The molecule has 0 bridgehead atoms. The fourth-order valence-corrected chi connectivity index (χ4v) is 10.5. The number of allylic oxidation sites excluding steroid dienone is 20. The third-order valence-corrected chi connectivity index (χ3v) is 13.5. The van der Waals surface area contributed by atoms with Gasteiger partial charge in [0.1, 0.15) is 0 Å². The predicted octanol–water partition coefficient (Wildman–Crippen LogP) is 14.8. The summed E-state index contributed by atoms with van der Waals surface area (Å²) in [5.74, 6) is 1.46. The van der Waals surface area contributed by atoms with Crippen molar-refractivity contribution in [3.05, 3.63) is 202 Å². The van der Waals surface area contributed by atoms with E-state index in [0.29, 0.717) is 23.7 Å². The van der Waals surface area contributed by atoms with Crippen molar-refractivity contribution >= 4 is 21.9 Å². The zero-order chi connectivity index (χ0) is 37.0. The first-order chi connectivity index (χ1) is 27.1. The van der Waals surface area contributed by atoms with Crippen LogP contribution in [0.25, 0.3) is 44.2 Å². The van der Waals surface area contributed by atoms with Crippen molar-refractivity contribution in [3.8, 4) is 22.3 Å². The van der Waals surface area contributed by atoms with Crippen LogP contribution in [0.5, 0.6) is 0 Å². The molecule has 4 atom stereocenters. The van der Waals surface area contributed by atoms with Gasteiger partial charge in [-0.2, -0.15) is 0 Å². The van der Waals surface area contributed by atoms with Gasteiger partial charge in [-0.25, -0.2) is 0 Å². The molecule has 270 valence electrons. The summed E-state index contributed by atoms with van der Waals surface area (Å²) < 4.78 is 0. The van der Waals surface area contributed by atoms with Gasteiger partial charge in [0.15, 0.2) is 0 Å². The van der Waals surface area contributed by atoms with Gasteiger partial charge in [0, 0.05) is 17.8 Å². The Bertz CT molecular complexity index is 2550. The van der Waals surface area contributed by atoms with E-state index in [0.717, 1.165) is 38.5 Å². The first kappa shape index (κ1) is 34.1. The predicted molar refractivity (Wildman–Crippen MR) is 236 cm³/mol. The molecule has 0 saturated heterocycles. The number of hydrogen-bond acceptors (Lipinski definition) is 0. The molecule has 0 heterocycles. The summed E-state index contributed by atoms with van der Waals surface area (Å²) in [5, 5.41) is 2.77. The van der Waals surface area contributed by atoms with E-state index in [4.69, 9.17) is 0 Å². The molecule has 6 aliphatic rings. The van der Waals surface area contributed by atoms with Crippen LogP contribution in [0.2, 0.25) is 0 Å². The van der Waals surface area contributed by atoms with Crippen molar-refractivity contribution in [3.63, 3.8) is 0 Å². The molecule has 4 aromatic rings. The van der Waals surface area contributed by atoms with Gasteiger partial charge < -0.3 is 0 Å². The SMILES string of the molecule is CCC1CC=C(C)C(C)=CCc2cc3c(-c4ccccc4)c4c(c(-c5ccccc5)c3cc21)C1=CC(C2CC=CC=C2C2=CC=CCC2)=CC2C=CC=C4C12. The highest BCUT2D eigenvalue weighted by molar-refractivity contribution is 6.18. The minimum Gasteiger partial charge on any atom is -0.0842 e. The molecule has 0 spiro atoms. The molecule has 0 saturated carbocycles. The van der Waals surface area contributed by atoms with Gasteiger partial charge in [-0.3, -0.25) is 0 Å². The maximum Gasteiger partial charge on any atom is 0.0200 e. The topological polar surface area (TPSA) is 0 Å². The van der Waals surface area contributed by atoms with Crippen molar-refractivity contribution in [2.45, 2.75) is 65.2 Å². The Morgan fingerprint density at radius 1 is 0.655 bits per heavy atom. The Morgan fingerprint density at radius 3 is 2.07 bits per heavy atom. The highest BCUT2D eigenvalue weighted by Gasteiger charge is 2.43. The van der Waals surface area contributed by atoms with Gasteiger partial charge in [-0.1, -0.05) is 158 Å². The number of benzene rings is 4. The van der Waals surface area contributed by atoms with E-state index in [2.05, 4.69) is 173 Å². The van der Waals surface area contributed by atoms with Crippen LogP contribution in [0.4, 0.5) is 0 Å². The molecular weight excluding hydrogens is 661 g/mol. The van der Waals surface area contributed by atoms with E-state index in [-0.39, 0.29) is 0 Å². The Balaban J connectivity index is 1.29. The maximum absolute atomic E-state index is 2.65. The molecule has 0 fully saturated rings. The van der Waals surface area contributed by atoms with Crippen molar-refractivity contribution in [2.75, 3.05) is 0 Å². The van der Waals surface area contributed by atoms with Crippen LogP contribution in [-0.4, -0.2) is 0 Å². The maximum atomic E-state index is 2.65. The normalized spacial score (nSPS) is 23.8. The molecule has 10 rings (SSSR count). The highest BCUT2D eigenvalue weighted by Crippen LogP contribution is 2.61. The molecule has 0 amide bonds. The van der Waals surface area contributed by atoms with Crippen molar-refractivity contribution in [1.29, 1.82) is 0 Å². The highest BCUT2D eigenvalue weighted by atomic mass is 14.5. The molecule has 0 nitrogen and oxygen atoms in total. The molecule has 0 heteroatoms. The largest absolute Gasteiger partial charge is 0.0842 e. The second-order valence-corrected chi connectivity index (χ2v) is 16.5. The fourth-order valence-electron chi connectivity index (χ4n) is 10.5. The molecule has 4 unspecified atom stereocenters. The van der Waals surface area contributed by atoms with Crippen LogP contribution in [0, 0.1) is 17.8 Å². The lowest BCUT2D eigenvalue weighted by Crippen LogP contribution is -2.20. The number of fused-ring (bicyclic) bond motifs is 5. The van der Waals surface area contributed by atoms with Gasteiger partial charge in [-0.05, 0) is 154 Å². The van der Waals surface area contributed by atoms with Crippen molar-refractivity contribution in [1.82, 2.24) is 0 Å². The van der Waals surface area contributed by atoms with Gasteiger partial charge in [0.25, 0.3) is 0 Å². The van der Waals surface area contributed by atoms with Crippen LogP contribution in [0.3, 0.4) is 0 Å². The summed E-state index contributed by atoms with van der Waals surface area (Å²) >= 11 is 0. The lowest BCUT2D eigenvalue weighted by Gasteiger charge is -2.33. The lowest BCUT2D eigenvalue weighted by molar-refractivity contribution is 0.659. The molecule has 0 N–H and O–H groups in total. The molecule has 0 aliphatic heterocycles. The van der Waals surface area contributed by atoms with Crippen LogP contribution in [-0.2, 0) is 6.42 Å². The Labute approximate surface area is 327 Å².